The number of rotatable bonds is 9. The van der Waals surface area contributed by atoms with Gasteiger partial charge in [-0.15, -0.1) is 0 Å². The molecule has 2 rings (SSSR count). The standard InChI is InChI=1S/C22H27NO3/c1-4-25-21-12-8-7-9-18(21)13-14-22(24)23-15-19-10-5-6-11-20(19)16-26-17(2)3/h5-14,17H,4,15-16H2,1-3H3,(H,23,24)/b14-13+. The van der Waals surface area contributed by atoms with E-state index in [-0.39, 0.29) is 12.0 Å². The summed E-state index contributed by atoms with van der Waals surface area (Å²) >= 11 is 0. The molecule has 0 saturated heterocycles. The van der Waals surface area contributed by atoms with Crippen LogP contribution in [0, 0.1) is 0 Å². The first-order valence-electron chi connectivity index (χ1n) is 8.96. The number of carbonyl (C=O) groups excluding carboxylic acids is 1. The minimum Gasteiger partial charge on any atom is -0.493 e. The Morgan fingerprint density at radius 1 is 1.08 bits per heavy atom. The lowest BCUT2D eigenvalue weighted by Gasteiger charge is -2.12. The van der Waals surface area contributed by atoms with Crippen LogP contribution in [0.1, 0.15) is 37.5 Å². The van der Waals surface area contributed by atoms with E-state index < -0.39 is 0 Å². The molecule has 138 valence electrons. The fourth-order valence-electron chi connectivity index (χ4n) is 2.44. The third kappa shape index (κ3) is 6.37. The van der Waals surface area contributed by atoms with Crippen LogP contribution in [0.5, 0.6) is 5.75 Å². The van der Waals surface area contributed by atoms with Gasteiger partial charge in [-0.3, -0.25) is 4.79 Å². The van der Waals surface area contributed by atoms with Gasteiger partial charge in [0.15, 0.2) is 0 Å². The van der Waals surface area contributed by atoms with Crippen LogP contribution in [0.4, 0.5) is 0 Å². The third-order valence-corrected chi connectivity index (χ3v) is 3.78. The van der Waals surface area contributed by atoms with E-state index in [1.807, 2.05) is 69.3 Å². The fraction of sp³-hybridized carbons (Fsp3) is 0.318. The normalized spacial score (nSPS) is 11.1. The largest absolute Gasteiger partial charge is 0.493 e. The predicted molar refractivity (Wildman–Crippen MR) is 105 cm³/mol. The number of nitrogens with one attached hydrogen (secondary N) is 1. The van der Waals surface area contributed by atoms with Crippen LogP contribution in [0.15, 0.2) is 54.6 Å². The van der Waals surface area contributed by atoms with Crippen molar-refractivity contribution in [3.63, 3.8) is 0 Å². The van der Waals surface area contributed by atoms with E-state index in [1.165, 1.54) is 6.08 Å². The average Bonchev–Trinajstić information content (AvgIpc) is 2.65. The molecule has 0 atom stereocenters. The number of carbonyl (C=O) groups is 1. The van der Waals surface area contributed by atoms with Crippen LogP contribution in [0.25, 0.3) is 6.08 Å². The van der Waals surface area contributed by atoms with Crippen LogP contribution in [0.3, 0.4) is 0 Å². The van der Waals surface area contributed by atoms with Crippen LogP contribution in [-0.4, -0.2) is 18.6 Å². The van der Waals surface area contributed by atoms with Crippen molar-refractivity contribution in [2.75, 3.05) is 6.61 Å². The molecule has 1 N–H and O–H groups in total. The van der Waals surface area contributed by atoms with Gasteiger partial charge in [0.1, 0.15) is 5.75 Å². The Balaban J connectivity index is 1.95. The molecule has 2 aromatic rings. The molecule has 0 saturated carbocycles. The average molecular weight is 353 g/mol. The third-order valence-electron chi connectivity index (χ3n) is 3.78. The van der Waals surface area contributed by atoms with Crippen molar-refractivity contribution in [2.24, 2.45) is 0 Å². The fourth-order valence-corrected chi connectivity index (χ4v) is 2.44. The maximum absolute atomic E-state index is 12.2. The highest BCUT2D eigenvalue weighted by molar-refractivity contribution is 5.92. The number of para-hydroxylation sites is 1. The van der Waals surface area contributed by atoms with Crippen LogP contribution >= 0.6 is 0 Å². The van der Waals surface area contributed by atoms with E-state index in [9.17, 15) is 4.79 Å². The van der Waals surface area contributed by atoms with Gasteiger partial charge in [-0.25, -0.2) is 0 Å². The summed E-state index contributed by atoms with van der Waals surface area (Å²) in [4.78, 5) is 12.2. The second kappa shape index (κ2) is 10.4. The van der Waals surface area contributed by atoms with E-state index in [0.717, 1.165) is 22.4 Å². The molecule has 0 heterocycles. The van der Waals surface area contributed by atoms with Crippen molar-refractivity contribution in [2.45, 2.75) is 40.0 Å². The first-order chi connectivity index (χ1) is 12.6. The van der Waals surface area contributed by atoms with Crippen molar-refractivity contribution < 1.29 is 14.3 Å². The van der Waals surface area contributed by atoms with Gasteiger partial charge in [-0.2, -0.15) is 0 Å². The SMILES string of the molecule is CCOc1ccccc1/C=C/C(=O)NCc1ccccc1COC(C)C. The van der Waals surface area contributed by atoms with Crippen molar-refractivity contribution in [1.82, 2.24) is 5.32 Å². The summed E-state index contributed by atoms with van der Waals surface area (Å²) in [6.07, 6.45) is 3.48. The summed E-state index contributed by atoms with van der Waals surface area (Å²) in [6.45, 7) is 7.56. The molecular formula is C22H27NO3. The minimum atomic E-state index is -0.143. The zero-order valence-corrected chi connectivity index (χ0v) is 15.7. The molecule has 0 fully saturated rings. The van der Waals surface area contributed by atoms with Crippen molar-refractivity contribution in [1.29, 1.82) is 0 Å². The maximum atomic E-state index is 12.2. The lowest BCUT2D eigenvalue weighted by Crippen LogP contribution is -2.21. The molecule has 1 amide bonds. The molecule has 0 spiro atoms. The van der Waals surface area contributed by atoms with Crippen LogP contribution in [0.2, 0.25) is 0 Å². The van der Waals surface area contributed by atoms with Crippen molar-refractivity contribution >= 4 is 12.0 Å². The van der Waals surface area contributed by atoms with Gasteiger partial charge in [-0.1, -0.05) is 42.5 Å². The first-order valence-corrected chi connectivity index (χ1v) is 8.96. The molecule has 26 heavy (non-hydrogen) atoms. The number of ether oxygens (including phenoxy) is 2. The van der Waals surface area contributed by atoms with Gasteiger partial charge < -0.3 is 14.8 Å². The van der Waals surface area contributed by atoms with Crippen LogP contribution < -0.4 is 10.1 Å². The number of hydrogen-bond acceptors (Lipinski definition) is 3. The molecule has 0 unspecified atom stereocenters. The zero-order chi connectivity index (χ0) is 18.8. The molecule has 2 aromatic carbocycles. The molecule has 4 nitrogen and oxygen atoms in total. The Kier molecular flexibility index (Phi) is 7.90. The molecular weight excluding hydrogens is 326 g/mol. The Hall–Kier alpha value is -2.59. The van der Waals surface area contributed by atoms with Crippen molar-refractivity contribution in [3.8, 4) is 5.75 Å². The number of benzene rings is 2. The second-order valence-electron chi connectivity index (χ2n) is 6.15. The summed E-state index contributed by atoms with van der Waals surface area (Å²) in [5, 5.41) is 2.93. The van der Waals surface area contributed by atoms with Crippen molar-refractivity contribution in [3.05, 3.63) is 71.3 Å². The smallest absolute Gasteiger partial charge is 0.244 e. The van der Waals surface area contributed by atoms with Gasteiger partial charge in [0.05, 0.1) is 19.3 Å². The van der Waals surface area contributed by atoms with E-state index in [1.54, 1.807) is 6.08 Å². The van der Waals surface area contributed by atoms with E-state index in [2.05, 4.69) is 5.32 Å². The summed E-state index contributed by atoms with van der Waals surface area (Å²) in [7, 11) is 0. The molecule has 0 aliphatic carbocycles. The van der Waals surface area contributed by atoms with Gasteiger partial charge in [-0.05, 0) is 44.0 Å². The Morgan fingerprint density at radius 2 is 1.77 bits per heavy atom. The predicted octanol–water partition coefficient (Wildman–Crippen LogP) is 4.34. The molecule has 0 radical (unpaired) electrons. The summed E-state index contributed by atoms with van der Waals surface area (Å²) < 4.78 is 11.2. The highest BCUT2D eigenvalue weighted by Crippen LogP contribution is 2.19. The van der Waals surface area contributed by atoms with E-state index in [4.69, 9.17) is 9.47 Å². The van der Waals surface area contributed by atoms with E-state index >= 15 is 0 Å². The monoisotopic (exact) mass is 353 g/mol. The van der Waals surface area contributed by atoms with Gasteiger partial charge in [0.2, 0.25) is 5.91 Å². The topological polar surface area (TPSA) is 47.6 Å². The highest BCUT2D eigenvalue weighted by Gasteiger charge is 2.05. The maximum Gasteiger partial charge on any atom is 0.244 e. The quantitative estimate of drug-likeness (QED) is 0.682. The summed E-state index contributed by atoms with van der Waals surface area (Å²) in [5.74, 6) is 0.631. The molecule has 4 heteroatoms. The Morgan fingerprint density at radius 3 is 2.50 bits per heavy atom. The summed E-state index contributed by atoms with van der Waals surface area (Å²) in [5.41, 5.74) is 3.03. The molecule has 0 aliphatic heterocycles. The number of amides is 1. The lowest BCUT2D eigenvalue weighted by atomic mass is 10.1. The first kappa shape index (κ1) is 19.7. The Bertz CT molecular complexity index is 738. The lowest BCUT2D eigenvalue weighted by molar-refractivity contribution is -0.116. The van der Waals surface area contributed by atoms with E-state index in [0.29, 0.717) is 19.8 Å². The molecule has 0 bridgehead atoms. The molecule has 0 aliphatic rings. The summed E-state index contributed by atoms with van der Waals surface area (Å²) in [6, 6.07) is 15.6. The molecule has 0 aromatic heterocycles. The van der Waals surface area contributed by atoms with Crippen LogP contribution in [-0.2, 0) is 22.7 Å². The highest BCUT2D eigenvalue weighted by atomic mass is 16.5. The number of hydrogen-bond donors (Lipinski definition) is 1. The van der Waals surface area contributed by atoms with Gasteiger partial charge in [0, 0.05) is 18.2 Å². The second-order valence-corrected chi connectivity index (χ2v) is 6.15. The van der Waals surface area contributed by atoms with Gasteiger partial charge in [0.25, 0.3) is 0 Å². The minimum absolute atomic E-state index is 0.143. The zero-order valence-electron chi connectivity index (χ0n) is 15.7. The Labute approximate surface area is 155 Å². The van der Waals surface area contributed by atoms with Gasteiger partial charge >= 0.3 is 0 Å².